The zero-order chi connectivity index (χ0) is 15.0. The van der Waals surface area contributed by atoms with Crippen LogP contribution in [0.4, 0.5) is 5.69 Å². The van der Waals surface area contributed by atoms with Crippen LogP contribution in [0.5, 0.6) is 11.5 Å². The van der Waals surface area contributed by atoms with Gasteiger partial charge in [0, 0.05) is 31.8 Å². The number of hydrogen-bond donors (Lipinski definition) is 1. The van der Waals surface area contributed by atoms with Crippen molar-refractivity contribution in [1.29, 1.82) is 0 Å². The Labute approximate surface area is 126 Å². The maximum absolute atomic E-state index is 12.2. The molecule has 0 saturated carbocycles. The Kier molecular flexibility index (Phi) is 3.22. The second kappa shape index (κ2) is 4.93. The van der Waals surface area contributed by atoms with Crippen molar-refractivity contribution in [3.8, 4) is 11.5 Å². The fourth-order valence-electron chi connectivity index (χ4n) is 2.05. The summed E-state index contributed by atoms with van der Waals surface area (Å²) < 4.78 is 11.2. The summed E-state index contributed by atoms with van der Waals surface area (Å²) in [5.74, 6) is 0.219. The second-order valence-corrected chi connectivity index (χ2v) is 5.42. The minimum Gasteiger partial charge on any atom is -0.449 e. The number of aromatic nitrogens is 1. The van der Waals surface area contributed by atoms with Crippen LogP contribution < -0.4 is 14.8 Å². The first kappa shape index (κ1) is 13.7. The molecule has 0 atom stereocenters. The number of amides is 1. The standard InChI is InChI=1S/C15H13ClN2O3/c1-15(2)20-11-6-5-9(8-12(11)21-15)18-14(19)10-4-3-7-17-13(10)16/h3-8H,1-2H3,(H,18,19). The van der Waals surface area contributed by atoms with Crippen LogP contribution in [-0.2, 0) is 0 Å². The zero-order valence-electron chi connectivity index (χ0n) is 11.5. The number of hydrogen-bond acceptors (Lipinski definition) is 4. The van der Waals surface area contributed by atoms with E-state index in [1.165, 1.54) is 6.20 Å². The van der Waals surface area contributed by atoms with Crippen LogP contribution in [0.25, 0.3) is 0 Å². The molecular weight excluding hydrogens is 292 g/mol. The van der Waals surface area contributed by atoms with Crippen LogP contribution in [0.15, 0.2) is 36.5 Å². The third-order valence-electron chi connectivity index (χ3n) is 2.92. The van der Waals surface area contributed by atoms with E-state index in [0.29, 0.717) is 22.7 Å². The van der Waals surface area contributed by atoms with Gasteiger partial charge in [-0.3, -0.25) is 4.79 Å². The van der Waals surface area contributed by atoms with E-state index in [0.717, 1.165) is 0 Å². The van der Waals surface area contributed by atoms with E-state index in [1.807, 2.05) is 13.8 Å². The Morgan fingerprint density at radius 2 is 2.00 bits per heavy atom. The average molecular weight is 305 g/mol. The lowest BCUT2D eigenvalue weighted by Crippen LogP contribution is -2.29. The Morgan fingerprint density at radius 1 is 1.24 bits per heavy atom. The number of ether oxygens (including phenoxy) is 2. The smallest absolute Gasteiger partial charge is 0.258 e. The summed E-state index contributed by atoms with van der Waals surface area (Å²) in [4.78, 5) is 16.0. The number of nitrogens with zero attached hydrogens (tertiary/aromatic N) is 1. The molecular formula is C15H13ClN2O3. The molecule has 108 valence electrons. The lowest BCUT2D eigenvalue weighted by atomic mass is 10.2. The van der Waals surface area contributed by atoms with Gasteiger partial charge >= 0.3 is 0 Å². The Morgan fingerprint density at radius 3 is 2.76 bits per heavy atom. The van der Waals surface area contributed by atoms with E-state index in [-0.39, 0.29) is 11.1 Å². The molecule has 0 bridgehead atoms. The topological polar surface area (TPSA) is 60.5 Å². The van der Waals surface area contributed by atoms with Crippen molar-refractivity contribution in [2.24, 2.45) is 0 Å². The van der Waals surface area contributed by atoms with Crippen LogP contribution in [0.1, 0.15) is 24.2 Å². The molecule has 2 aromatic rings. The number of benzene rings is 1. The van der Waals surface area contributed by atoms with Crippen LogP contribution in [-0.4, -0.2) is 16.7 Å². The van der Waals surface area contributed by atoms with E-state index >= 15 is 0 Å². The number of carbonyl (C=O) groups excluding carboxylic acids is 1. The maximum atomic E-state index is 12.2. The minimum absolute atomic E-state index is 0.164. The third kappa shape index (κ3) is 2.78. The Bertz CT molecular complexity index is 716. The molecule has 1 aromatic heterocycles. The van der Waals surface area contributed by atoms with Gasteiger partial charge in [-0.15, -0.1) is 0 Å². The normalized spacial score (nSPS) is 14.8. The van der Waals surface area contributed by atoms with Crippen molar-refractivity contribution in [1.82, 2.24) is 4.98 Å². The summed E-state index contributed by atoms with van der Waals surface area (Å²) in [6.45, 7) is 3.64. The van der Waals surface area contributed by atoms with Crippen LogP contribution in [0.2, 0.25) is 5.15 Å². The fraction of sp³-hybridized carbons (Fsp3) is 0.200. The van der Waals surface area contributed by atoms with Gasteiger partial charge in [0.15, 0.2) is 11.5 Å². The lowest BCUT2D eigenvalue weighted by Gasteiger charge is -2.16. The van der Waals surface area contributed by atoms with Crippen LogP contribution >= 0.6 is 11.6 Å². The van der Waals surface area contributed by atoms with Crippen LogP contribution in [0.3, 0.4) is 0 Å². The molecule has 0 spiro atoms. The predicted molar refractivity (Wildman–Crippen MR) is 79.0 cm³/mol. The van der Waals surface area contributed by atoms with Crippen molar-refractivity contribution in [2.75, 3.05) is 5.32 Å². The molecule has 0 unspecified atom stereocenters. The molecule has 1 N–H and O–H groups in total. The van der Waals surface area contributed by atoms with Gasteiger partial charge < -0.3 is 14.8 Å². The summed E-state index contributed by atoms with van der Waals surface area (Å²) in [6.07, 6.45) is 1.53. The highest BCUT2D eigenvalue weighted by Gasteiger charge is 2.31. The molecule has 2 heterocycles. The van der Waals surface area contributed by atoms with Gasteiger partial charge in [-0.05, 0) is 24.3 Å². The SMILES string of the molecule is CC1(C)Oc2ccc(NC(=O)c3cccnc3Cl)cc2O1. The first-order valence-electron chi connectivity index (χ1n) is 6.38. The van der Waals surface area contributed by atoms with Crippen LogP contribution in [0, 0.1) is 0 Å². The highest BCUT2D eigenvalue weighted by molar-refractivity contribution is 6.33. The monoisotopic (exact) mass is 304 g/mol. The highest BCUT2D eigenvalue weighted by Crippen LogP contribution is 2.40. The zero-order valence-corrected chi connectivity index (χ0v) is 12.3. The maximum Gasteiger partial charge on any atom is 0.258 e. The first-order chi connectivity index (χ1) is 9.94. The van der Waals surface area contributed by atoms with Crippen molar-refractivity contribution < 1.29 is 14.3 Å². The summed E-state index contributed by atoms with van der Waals surface area (Å²) in [5.41, 5.74) is 0.914. The molecule has 1 amide bonds. The number of rotatable bonds is 2. The third-order valence-corrected chi connectivity index (χ3v) is 3.22. The van der Waals surface area contributed by atoms with Gasteiger partial charge in [-0.25, -0.2) is 4.98 Å². The van der Waals surface area contributed by atoms with Crippen molar-refractivity contribution in [3.63, 3.8) is 0 Å². The van der Waals surface area contributed by atoms with E-state index in [4.69, 9.17) is 21.1 Å². The number of nitrogens with one attached hydrogen (secondary N) is 1. The average Bonchev–Trinajstić information content (AvgIpc) is 2.72. The molecule has 21 heavy (non-hydrogen) atoms. The second-order valence-electron chi connectivity index (χ2n) is 5.06. The molecule has 0 fully saturated rings. The van der Waals surface area contributed by atoms with Gasteiger partial charge in [0.1, 0.15) is 5.15 Å². The number of pyridine rings is 1. The van der Waals surface area contributed by atoms with Gasteiger partial charge in [0.25, 0.3) is 5.91 Å². The van der Waals surface area contributed by atoms with E-state index in [9.17, 15) is 4.79 Å². The van der Waals surface area contributed by atoms with Gasteiger partial charge in [0.2, 0.25) is 5.79 Å². The van der Waals surface area contributed by atoms with E-state index in [2.05, 4.69) is 10.3 Å². The summed E-state index contributed by atoms with van der Waals surface area (Å²) in [5, 5.41) is 2.92. The van der Waals surface area contributed by atoms with E-state index < -0.39 is 5.79 Å². The lowest BCUT2D eigenvalue weighted by molar-refractivity contribution is -0.0431. The van der Waals surface area contributed by atoms with Gasteiger partial charge in [-0.2, -0.15) is 0 Å². The van der Waals surface area contributed by atoms with Crippen molar-refractivity contribution in [3.05, 3.63) is 47.2 Å². The molecule has 3 rings (SSSR count). The first-order valence-corrected chi connectivity index (χ1v) is 6.76. The number of anilines is 1. The summed E-state index contributed by atoms with van der Waals surface area (Å²) >= 11 is 5.90. The van der Waals surface area contributed by atoms with E-state index in [1.54, 1.807) is 30.3 Å². The molecule has 6 heteroatoms. The van der Waals surface area contributed by atoms with Crippen molar-refractivity contribution in [2.45, 2.75) is 19.6 Å². The number of fused-ring (bicyclic) bond motifs is 1. The number of halogens is 1. The Balaban J connectivity index is 1.81. The molecule has 0 aliphatic carbocycles. The van der Waals surface area contributed by atoms with Gasteiger partial charge in [0.05, 0.1) is 5.56 Å². The molecule has 5 nitrogen and oxygen atoms in total. The van der Waals surface area contributed by atoms with Crippen molar-refractivity contribution >= 4 is 23.2 Å². The summed E-state index contributed by atoms with van der Waals surface area (Å²) in [6, 6.07) is 8.48. The van der Waals surface area contributed by atoms with Gasteiger partial charge in [-0.1, -0.05) is 11.6 Å². The molecule has 1 aliphatic rings. The molecule has 1 aromatic carbocycles. The number of carbonyl (C=O) groups is 1. The molecule has 0 radical (unpaired) electrons. The highest BCUT2D eigenvalue weighted by atomic mass is 35.5. The largest absolute Gasteiger partial charge is 0.449 e. The fourth-order valence-corrected chi connectivity index (χ4v) is 2.26. The quantitative estimate of drug-likeness (QED) is 0.863. The Hall–Kier alpha value is -2.27. The molecule has 0 saturated heterocycles. The molecule has 1 aliphatic heterocycles. The predicted octanol–water partition coefficient (Wildman–Crippen LogP) is 3.49. The summed E-state index contributed by atoms with van der Waals surface area (Å²) in [7, 11) is 0. The minimum atomic E-state index is -0.697.